The molecule has 1 saturated carbocycles. The Morgan fingerprint density at radius 1 is 1.33 bits per heavy atom. The molecule has 100 valence electrons. The van der Waals surface area contributed by atoms with E-state index in [0.717, 1.165) is 18.0 Å². The molecule has 18 heavy (non-hydrogen) atoms. The van der Waals surface area contributed by atoms with Crippen molar-refractivity contribution in [2.75, 3.05) is 20.2 Å². The minimum atomic E-state index is -4.45. The molecule has 3 rings (SSSR count). The van der Waals surface area contributed by atoms with E-state index in [4.69, 9.17) is 0 Å². The number of halogens is 3. The van der Waals surface area contributed by atoms with Crippen molar-refractivity contribution in [2.45, 2.75) is 12.6 Å². The molecule has 2 fully saturated rings. The van der Waals surface area contributed by atoms with E-state index in [1.807, 2.05) is 0 Å². The lowest BCUT2D eigenvalue weighted by Gasteiger charge is -2.08. The fraction of sp³-hybridized carbons (Fsp3) is 0.583. The van der Waals surface area contributed by atoms with Gasteiger partial charge in [-0.25, -0.2) is 4.98 Å². The van der Waals surface area contributed by atoms with Gasteiger partial charge in [0.15, 0.2) is 5.69 Å². The topological polar surface area (TPSA) is 34.1 Å². The van der Waals surface area contributed by atoms with Crippen LogP contribution >= 0.6 is 0 Å². The maximum atomic E-state index is 12.1. The van der Waals surface area contributed by atoms with Crippen molar-refractivity contribution in [3.63, 3.8) is 0 Å². The largest absolute Gasteiger partial charge is 0.494 e. The van der Waals surface area contributed by atoms with Crippen LogP contribution < -0.4 is 10.1 Å². The molecule has 3 nitrogen and oxygen atoms in total. The lowest BCUT2D eigenvalue weighted by atomic mass is 10.3. The van der Waals surface area contributed by atoms with Crippen LogP contribution in [0.5, 0.6) is 5.75 Å². The smallest absolute Gasteiger partial charge is 0.437 e. The minimum absolute atomic E-state index is 0.259. The maximum absolute atomic E-state index is 12.1. The summed E-state index contributed by atoms with van der Waals surface area (Å²) in [6.07, 6.45) is -1.86. The van der Waals surface area contributed by atoms with Crippen LogP contribution in [0.3, 0.4) is 0 Å². The molecule has 1 aliphatic carbocycles. The molecular formula is C12H15F3N2O. The molecule has 2 heterocycles. The molecule has 0 amide bonds. The quantitative estimate of drug-likeness (QED) is 0.841. The normalized spacial score (nSPS) is 24.9. The second-order valence-electron chi connectivity index (χ2n) is 4.47. The van der Waals surface area contributed by atoms with E-state index in [-0.39, 0.29) is 5.75 Å². The Bertz CT molecular complexity index is 401. The maximum Gasteiger partial charge on any atom is 0.437 e. The second kappa shape index (κ2) is 5.14. The van der Waals surface area contributed by atoms with E-state index < -0.39 is 11.9 Å². The zero-order valence-corrected chi connectivity index (χ0v) is 10.00. The lowest BCUT2D eigenvalue weighted by molar-refractivity contribution is -0.142. The molecule has 0 radical (unpaired) electrons. The highest BCUT2D eigenvalue weighted by Crippen LogP contribution is 2.40. The molecule has 2 aliphatic rings. The van der Waals surface area contributed by atoms with E-state index in [0.29, 0.717) is 0 Å². The molecule has 1 aliphatic heterocycles. The van der Waals surface area contributed by atoms with Crippen molar-refractivity contribution in [3.8, 4) is 5.75 Å². The molecule has 0 spiro atoms. The molecule has 0 aromatic carbocycles. The molecule has 2 unspecified atom stereocenters. The average Bonchev–Trinajstić information content (AvgIpc) is 2.96. The van der Waals surface area contributed by atoms with Crippen molar-refractivity contribution < 1.29 is 17.9 Å². The highest BCUT2D eigenvalue weighted by Gasteiger charge is 2.40. The number of rotatable bonds is 1. The number of pyridine rings is 1. The third-order valence-electron chi connectivity index (χ3n) is 3.14. The standard InChI is InChI=1S/C7H6F3NO.C5H9N/c1-12-5-3-2-4-11-6(5)7(8,9)10;1-4-2-6-3-5(1)4/h2-4H,1H3;4-6H,1-3H2. The van der Waals surface area contributed by atoms with Crippen molar-refractivity contribution in [2.24, 2.45) is 11.8 Å². The van der Waals surface area contributed by atoms with E-state index in [1.165, 1.54) is 38.8 Å². The third-order valence-corrected chi connectivity index (χ3v) is 3.14. The van der Waals surface area contributed by atoms with Gasteiger partial charge in [-0.1, -0.05) is 0 Å². The van der Waals surface area contributed by atoms with Gasteiger partial charge in [-0.05, 0) is 43.5 Å². The Hall–Kier alpha value is -1.30. The number of hydrogen-bond donors (Lipinski definition) is 1. The van der Waals surface area contributed by atoms with E-state index in [2.05, 4.69) is 15.0 Å². The molecular weight excluding hydrogens is 245 g/mol. The Balaban J connectivity index is 0.000000164. The van der Waals surface area contributed by atoms with E-state index in [1.54, 1.807) is 0 Å². The molecule has 2 atom stereocenters. The van der Waals surface area contributed by atoms with Gasteiger partial charge in [-0.3, -0.25) is 0 Å². The van der Waals surface area contributed by atoms with Crippen molar-refractivity contribution in [1.29, 1.82) is 0 Å². The number of aromatic nitrogens is 1. The zero-order chi connectivity index (χ0) is 13.2. The summed E-state index contributed by atoms with van der Waals surface area (Å²) in [4.78, 5) is 3.17. The van der Waals surface area contributed by atoms with Crippen molar-refractivity contribution in [3.05, 3.63) is 24.0 Å². The number of alkyl halides is 3. The number of methoxy groups -OCH3 is 1. The first-order chi connectivity index (χ1) is 8.52. The van der Waals surface area contributed by atoms with E-state index in [9.17, 15) is 13.2 Å². The monoisotopic (exact) mass is 260 g/mol. The number of nitrogens with one attached hydrogen (secondary N) is 1. The van der Waals surface area contributed by atoms with Gasteiger partial charge in [-0.2, -0.15) is 13.2 Å². The predicted molar refractivity (Wildman–Crippen MR) is 60.3 cm³/mol. The van der Waals surface area contributed by atoms with Crippen LogP contribution in [0.4, 0.5) is 13.2 Å². The number of piperidine rings is 1. The molecule has 1 aromatic rings. The van der Waals surface area contributed by atoms with Crippen LogP contribution in [0, 0.1) is 11.8 Å². The Morgan fingerprint density at radius 3 is 2.33 bits per heavy atom. The molecule has 1 saturated heterocycles. The molecule has 1 aromatic heterocycles. The average molecular weight is 260 g/mol. The summed E-state index contributed by atoms with van der Waals surface area (Å²) < 4.78 is 40.8. The first kappa shape index (κ1) is 13.1. The Morgan fingerprint density at radius 2 is 2.00 bits per heavy atom. The Kier molecular flexibility index (Phi) is 3.75. The summed E-state index contributed by atoms with van der Waals surface area (Å²) in [6.45, 7) is 2.62. The molecule has 0 bridgehead atoms. The van der Waals surface area contributed by atoms with Gasteiger partial charge in [0.1, 0.15) is 5.75 Å². The zero-order valence-electron chi connectivity index (χ0n) is 10.00. The lowest BCUT2D eigenvalue weighted by Crippen LogP contribution is -2.10. The Labute approximate surface area is 103 Å². The number of nitrogens with zero attached hydrogens (tertiary/aromatic N) is 1. The number of fused-ring (bicyclic) bond motifs is 1. The van der Waals surface area contributed by atoms with Crippen molar-refractivity contribution in [1.82, 2.24) is 10.3 Å². The van der Waals surface area contributed by atoms with Gasteiger partial charge in [-0.15, -0.1) is 0 Å². The van der Waals surface area contributed by atoms with E-state index >= 15 is 0 Å². The number of ether oxygens (including phenoxy) is 1. The SMILES string of the molecule is C1NCC2CC12.COc1cccnc1C(F)(F)F. The summed E-state index contributed by atoms with van der Waals surface area (Å²) in [5.41, 5.74) is -0.993. The highest BCUT2D eigenvalue weighted by atomic mass is 19.4. The van der Waals surface area contributed by atoms with Crippen LogP contribution in [0.15, 0.2) is 18.3 Å². The van der Waals surface area contributed by atoms with Gasteiger partial charge in [0, 0.05) is 6.20 Å². The van der Waals surface area contributed by atoms with Crippen LogP contribution in [-0.2, 0) is 6.18 Å². The second-order valence-corrected chi connectivity index (χ2v) is 4.47. The van der Waals surface area contributed by atoms with Gasteiger partial charge in [0.25, 0.3) is 0 Å². The highest BCUT2D eigenvalue weighted by molar-refractivity contribution is 5.28. The first-order valence-corrected chi connectivity index (χ1v) is 5.79. The van der Waals surface area contributed by atoms with Gasteiger partial charge < -0.3 is 10.1 Å². The summed E-state index contributed by atoms with van der Waals surface area (Å²) in [5.74, 6) is 1.94. The van der Waals surface area contributed by atoms with Crippen molar-refractivity contribution >= 4 is 0 Å². The number of hydrogen-bond acceptors (Lipinski definition) is 3. The summed E-state index contributed by atoms with van der Waals surface area (Å²) in [7, 11) is 1.17. The van der Waals surface area contributed by atoms with Crippen LogP contribution in [0.1, 0.15) is 12.1 Å². The fourth-order valence-electron chi connectivity index (χ4n) is 2.03. The summed E-state index contributed by atoms with van der Waals surface area (Å²) in [5, 5.41) is 3.32. The van der Waals surface area contributed by atoms with Gasteiger partial charge in [0.2, 0.25) is 0 Å². The fourth-order valence-corrected chi connectivity index (χ4v) is 2.03. The molecule has 6 heteroatoms. The summed E-state index contributed by atoms with van der Waals surface area (Å²) in [6, 6.07) is 2.60. The van der Waals surface area contributed by atoms with Crippen LogP contribution in [0.2, 0.25) is 0 Å². The van der Waals surface area contributed by atoms with Crippen LogP contribution in [-0.4, -0.2) is 25.2 Å². The first-order valence-electron chi connectivity index (χ1n) is 5.79. The van der Waals surface area contributed by atoms with Crippen LogP contribution in [0.25, 0.3) is 0 Å². The predicted octanol–water partition coefficient (Wildman–Crippen LogP) is 2.33. The minimum Gasteiger partial charge on any atom is -0.494 e. The third kappa shape index (κ3) is 3.13. The van der Waals surface area contributed by atoms with Gasteiger partial charge >= 0.3 is 6.18 Å². The summed E-state index contributed by atoms with van der Waals surface area (Å²) >= 11 is 0. The van der Waals surface area contributed by atoms with Gasteiger partial charge in [0.05, 0.1) is 7.11 Å². The molecule has 1 N–H and O–H groups in total.